The molecule has 1 aliphatic heterocycles. The van der Waals surface area contributed by atoms with E-state index in [0.717, 1.165) is 31.6 Å². The molecule has 0 bridgehead atoms. The quantitative estimate of drug-likeness (QED) is 0.672. The number of ether oxygens (including phenoxy) is 1. The lowest BCUT2D eigenvalue weighted by atomic mass is 9.59. The smallest absolute Gasteiger partial charge is 0.168 e. The number of rotatable bonds is 0. The van der Waals surface area contributed by atoms with Gasteiger partial charge >= 0.3 is 0 Å². The Hall–Kier alpha value is -1.39. The number of allylic oxidation sites excluding steroid dienone is 1. The third-order valence-corrected chi connectivity index (χ3v) is 7.57. The van der Waals surface area contributed by atoms with Gasteiger partial charge in [-0.3, -0.25) is 9.59 Å². The molecule has 0 aromatic heterocycles. The van der Waals surface area contributed by atoms with Crippen LogP contribution in [0.3, 0.4) is 0 Å². The summed E-state index contributed by atoms with van der Waals surface area (Å²) >= 11 is 1.89. The van der Waals surface area contributed by atoms with Crippen molar-refractivity contribution in [3.63, 3.8) is 0 Å². The summed E-state index contributed by atoms with van der Waals surface area (Å²) in [5, 5.41) is 0. The van der Waals surface area contributed by atoms with Crippen molar-refractivity contribution in [1.82, 2.24) is 0 Å². The van der Waals surface area contributed by atoms with Gasteiger partial charge in [0.25, 0.3) is 0 Å². The van der Waals surface area contributed by atoms with Crippen LogP contribution >= 0.6 is 11.8 Å². The Balaban J connectivity index is 1.61. The maximum atomic E-state index is 13.2. The molecular formula is C20H20O3S. The van der Waals surface area contributed by atoms with Crippen LogP contribution in [-0.2, 0) is 4.74 Å². The molecule has 0 radical (unpaired) electrons. The summed E-state index contributed by atoms with van der Waals surface area (Å²) < 4.78 is 6.16. The van der Waals surface area contributed by atoms with Crippen LogP contribution in [0.2, 0.25) is 0 Å². The van der Waals surface area contributed by atoms with E-state index in [4.69, 9.17) is 4.74 Å². The van der Waals surface area contributed by atoms with Gasteiger partial charge in [-0.2, -0.15) is 0 Å². The average molecular weight is 340 g/mol. The first-order valence-electron chi connectivity index (χ1n) is 8.87. The minimum atomic E-state index is -0.214. The zero-order valence-corrected chi connectivity index (χ0v) is 14.3. The molecule has 124 valence electrons. The van der Waals surface area contributed by atoms with Crippen molar-refractivity contribution in [2.45, 2.75) is 30.6 Å². The Kier molecular flexibility index (Phi) is 3.29. The van der Waals surface area contributed by atoms with Crippen molar-refractivity contribution >= 4 is 23.3 Å². The molecule has 1 aromatic rings. The van der Waals surface area contributed by atoms with Gasteiger partial charge in [0.15, 0.2) is 11.6 Å². The zero-order chi connectivity index (χ0) is 16.3. The van der Waals surface area contributed by atoms with E-state index in [9.17, 15) is 9.59 Å². The van der Waals surface area contributed by atoms with Crippen molar-refractivity contribution in [2.24, 2.45) is 17.8 Å². The number of ketones is 2. The zero-order valence-electron chi connectivity index (χ0n) is 13.5. The molecule has 1 aromatic carbocycles. The Morgan fingerprint density at radius 1 is 1.08 bits per heavy atom. The van der Waals surface area contributed by atoms with Gasteiger partial charge in [0.2, 0.25) is 0 Å². The molecule has 0 amide bonds. The van der Waals surface area contributed by atoms with E-state index in [1.54, 1.807) is 0 Å². The number of Topliss-reactive ketones (excluding diaryl/α,β-unsaturated/α-hetero) is 2. The molecule has 3 nitrogen and oxygen atoms in total. The number of fused-ring (bicyclic) bond motifs is 5. The molecule has 1 saturated heterocycles. The van der Waals surface area contributed by atoms with Gasteiger partial charge in [0.05, 0.1) is 6.61 Å². The third-order valence-electron chi connectivity index (χ3n) is 6.17. The Morgan fingerprint density at radius 2 is 1.88 bits per heavy atom. The Bertz CT molecular complexity index is 760. The molecule has 4 aliphatic rings. The van der Waals surface area contributed by atoms with Crippen LogP contribution in [-0.4, -0.2) is 28.9 Å². The lowest BCUT2D eigenvalue weighted by Crippen LogP contribution is -2.48. The Morgan fingerprint density at radius 3 is 2.62 bits per heavy atom. The molecule has 0 N–H and O–H groups in total. The summed E-state index contributed by atoms with van der Waals surface area (Å²) in [6.45, 7) is 0.790. The van der Waals surface area contributed by atoms with Gasteiger partial charge in [-0.05, 0) is 37.2 Å². The van der Waals surface area contributed by atoms with Crippen LogP contribution in [0.4, 0.5) is 0 Å². The molecule has 1 heterocycles. The first kappa shape index (κ1) is 14.9. The monoisotopic (exact) mass is 340 g/mol. The third kappa shape index (κ3) is 1.90. The number of benzene rings is 1. The standard InChI is InChI=1S/C20H20O3S/c21-18-12-4-1-2-5-13(12)19(22)17-14-6-3-9-20(23-10-11-24-20)16(14)8-7-15(17)18/h1-2,4-5,8,14-15,17H,3,6-7,9-11H2/t14?,15-,17+,20?/m0/s1. The topological polar surface area (TPSA) is 43.4 Å². The lowest BCUT2D eigenvalue weighted by Gasteiger charge is -2.47. The molecule has 2 fully saturated rings. The summed E-state index contributed by atoms with van der Waals surface area (Å²) in [7, 11) is 0. The normalized spacial score (nSPS) is 37.7. The summed E-state index contributed by atoms with van der Waals surface area (Å²) in [4.78, 5) is 26.0. The van der Waals surface area contributed by atoms with Gasteiger partial charge in [-0.15, -0.1) is 11.8 Å². The van der Waals surface area contributed by atoms with E-state index in [1.165, 1.54) is 5.57 Å². The van der Waals surface area contributed by atoms with Gasteiger partial charge in [0, 0.05) is 28.7 Å². The number of carbonyl (C=O) groups excluding carboxylic acids is 2. The van der Waals surface area contributed by atoms with Gasteiger partial charge in [0.1, 0.15) is 4.93 Å². The van der Waals surface area contributed by atoms with Crippen LogP contribution < -0.4 is 0 Å². The minimum absolute atomic E-state index is 0.158. The molecule has 24 heavy (non-hydrogen) atoms. The van der Waals surface area contributed by atoms with Crippen molar-refractivity contribution in [1.29, 1.82) is 0 Å². The van der Waals surface area contributed by atoms with Crippen molar-refractivity contribution in [2.75, 3.05) is 12.4 Å². The number of hydrogen-bond acceptors (Lipinski definition) is 4. The first-order chi connectivity index (χ1) is 11.7. The molecule has 4 atom stereocenters. The summed E-state index contributed by atoms with van der Waals surface area (Å²) in [6, 6.07) is 7.35. The van der Waals surface area contributed by atoms with Crippen LogP contribution in [0.25, 0.3) is 0 Å². The van der Waals surface area contributed by atoms with Gasteiger partial charge in [-0.25, -0.2) is 0 Å². The molecule has 2 unspecified atom stereocenters. The van der Waals surface area contributed by atoms with Crippen molar-refractivity contribution in [3.05, 3.63) is 47.0 Å². The van der Waals surface area contributed by atoms with E-state index < -0.39 is 0 Å². The molecular weight excluding hydrogens is 320 g/mol. The van der Waals surface area contributed by atoms with Crippen molar-refractivity contribution < 1.29 is 14.3 Å². The van der Waals surface area contributed by atoms with E-state index in [2.05, 4.69) is 6.08 Å². The summed E-state index contributed by atoms with van der Waals surface area (Å²) in [5.74, 6) is 1.16. The lowest BCUT2D eigenvalue weighted by molar-refractivity contribution is 0.0298. The largest absolute Gasteiger partial charge is 0.360 e. The summed E-state index contributed by atoms with van der Waals surface area (Å²) in [6.07, 6.45) is 6.03. The maximum Gasteiger partial charge on any atom is 0.168 e. The molecule has 1 saturated carbocycles. The van der Waals surface area contributed by atoms with E-state index in [-0.39, 0.29) is 34.3 Å². The highest BCUT2D eigenvalue weighted by molar-refractivity contribution is 8.00. The number of carbonyl (C=O) groups is 2. The summed E-state index contributed by atoms with van der Waals surface area (Å²) in [5.41, 5.74) is 2.56. The van der Waals surface area contributed by atoms with E-state index in [0.29, 0.717) is 17.5 Å². The fourth-order valence-corrected chi connectivity index (χ4v) is 6.54. The molecule has 3 aliphatic carbocycles. The van der Waals surface area contributed by atoms with Gasteiger partial charge < -0.3 is 4.74 Å². The fraction of sp³-hybridized carbons (Fsp3) is 0.500. The highest BCUT2D eigenvalue weighted by Gasteiger charge is 2.54. The SMILES string of the molecule is O=C1c2ccccc2C(=O)[C@@H]2C3CCCC4(OCCS4)C3=CC[C@H]12. The van der Waals surface area contributed by atoms with Gasteiger partial charge in [-0.1, -0.05) is 30.3 Å². The maximum absolute atomic E-state index is 13.2. The highest BCUT2D eigenvalue weighted by Crippen LogP contribution is 2.56. The van der Waals surface area contributed by atoms with Crippen LogP contribution in [0.1, 0.15) is 46.4 Å². The van der Waals surface area contributed by atoms with Crippen LogP contribution in [0.15, 0.2) is 35.9 Å². The van der Waals surface area contributed by atoms with E-state index in [1.807, 2.05) is 36.0 Å². The van der Waals surface area contributed by atoms with Crippen LogP contribution in [0.5, 0.6) is 0 Å². The van der Waals surface area contributed by atoms with Crippen molar-refractivity contribution in [3.8, 4) is 0 Å². The predicted octanol–water partition coefficient (Wildman–Crippen LogP) is 3.89. The molecule has 4 heteroatoms. The fourth-order valence-electron chi connectivity index (χ4n) is 5.19. The second-order valence-corrected chi connectivity index (χ2v) is 8.61. The Labute approximate surface area is 145 Å². The highest BCUT2D eigenvalue weighted by atomic mass is 32.2. The van der Waals surface area contributed by atoms with E-state index >= 15 is 0 Å². The predicted molar refractivity (Wildman–Crippen MR) is 93.3 cm³/mol. The second-order valence-electron chi connectivity index (χ2n) is 7.25. The van der Waals surface area contributed by atoms with Crippen LogP contribution in [0, 0.1) is 17.8 Å². The number of hydrogen-bond donors (Lipinski definition) is 0. The molecule has 1 spiro atoms. The number of thioether (sulfide) groups is 1. The minimum Gasteiger partial charge on any atom is -0.360 e. The average Bonchev–Trinajstić information content (AvgIpc) is 3.08. The molecule has 5 rings (SSSR count). The second kappa shape index (κ2) is 5.30. The first-order valence-corrected chi connectivity index (χ1v) is 9.86.